The van der Waals surface area contributed by atoms with E-state index in [1.165, 1.54) is 0 Å². The van der Waals surface area contributed by atoms with Gasteiger partial charge in [-0.2, -0.15) is 0 Å². The predicted molar refractivity (Wildman–Crippen MR) is 41.2 cm³/mol. The van der Waals surface area contributed by atoms with E-state index in [2.05, 4.69) is 6.92 Å². The number of hydrogen-bond acceptors (Lipinski definition) is 2. The van der Waals surface area contributed by atoms with Crippen LogP contribution in [0.25, 0.3) is 0 Å². The van der Waals surface area contributed by atoms with Crippen LogP contribution >= 0.6 is 0 Å². The van der Waals surface area contributed by atoms with Gasteiger partial charge in [0.15, 0.2) is 0 Å². The van der Waals surface area contributed by atoms with Gasteiger partial charge in [-0.25, -0.2) is 0 Å². The second-order valence-corrected chi connectivity index (χ2v) is 3.58. The highest BCUT2D eigenvalue weighted by atomic mass is 28.1. The quantitative estimate of drug-likeness (QED) is 0.503. The lowest BCUT2D eigenvalue weighted by molar-refractivity contribution is 0.111. The second-order valence-electron chi connectivity index (χ2n) is 2.29. The SMILES string of the molecule is CCC[C]([SiH3])C(O)CO. The van der Waals surface area contributed by atoms with Crippen LogP contribution in [0.5, 0.6) is 0 Å². The van der Waals surface area contributed by atoms with Gasteiger partial charge >= 0.3 is 0 Å². The average molecular weight is 147 g/mol. The summed E-state index contributed by atoms with van der Waals surface area (Å²) in [4.78, 5) is 0. The molecule has 1 unspecified atom stereocenters. The molecule has 2 N–H and O–H groups in total. The van der Waals surface area contributed by atoms with Crippen LogP contribution in [0.2, 0.25) is 0 Å². The van der Waals surface area contributed by atoms with E-state index in [0.29, 0.717) is 0 Å². The number of hydrogen-bond donors (Lipinski definition) is 2. The van der Waals surface area contributed by atoms with Crippen LogP contribution < -0.4 is 0 Å². The van der Waals surface area contributed by atoms with Crippen molar-refractivity contribution in [2.24, 2.45) is 0 Å². The Balaban J connectivity index is 3.32. The zero-order valence-electron chi connectivity index (χ0n) is 6.09. The van der Waals surface area contributed by atoms with Crippen LogP contribution in [0.1, 0.15) is 19.8 Å². The number of aliphatic hydroxyl groups is 2. The Morgan fingerprint density at radius 2 is 2.22 bits per heavy atom. The Kier molecular flexibility index (Phi) is 5.04. The molecule has 1 radical (unpaired) electrons. The van der Waals surface area contributed by atoms with Crippen molar-refractivity contribution >= 4 is 10.2 Å². The fourth-order valence-electron chi connectivity index (χ4n) is 0.717. The normalized spacial score (nSPS) is 14.7. The van der Waals surface area contributed by atoms with E-state index in [1.807, 2.05) is 0 Å². The molecule has 1 atom stereocenters. The lowest BCUT2D eigenvalue weighted by Crippen LogP contribution is -2.22. The summed E-state index contributed by atoms with van der Waals surface area (Å²) in [6, 6.07) is 0. The van der Waals surface area contributed by atoms with Crippen molar-refractivity contribution in [2.45, 2.75) is 25.9 Å². The van der Waals surface area contributed by atoms with Crippen molar-refractivity contribution < 1.29 is 10.2 Å². The van der Waals surface area contributed by atoms with E-state index >= 15 is 0 Å². The summed E-state index contributed by atoms with van der Waals surface area (Å²) in [5, 5.41) is 17.5. The van der Waals surface area contributed by atoms with Crippen molar-refractivity contribution in [3.63, 3.8) is 0 Å². The highest BCUT2D eigenvalue weighted by molar-refractivity contribution is 6.19. The molecule has 0 aromatic rings. The summed E-state index contributed by atoms with van der Waals surface area (Å²) in [6.45, 7) is 1.96. The Hall–Kier alpha value is 0.137. The van der Waals surface area contributed by atoms with Crippen molar-refractivity contribution in [2.75, 3.05) is 6.61 Å². The third kappa shape index (κ3) is 3.67. The Labute approximate surface area is 59.3 Å². The third-order valence-corrected chi connectivity index (χ3v) is 2.55. The van der Waals surface area contributed by atoms with Gasteiger partial charge in [0.25, 0.3) is 0 Å². The standard InChI is InChI=1S/C6H15O2Si/c1-2-3-6(9)5(8)4-7/h5,7-8H,2-4H2,1,9H3. The summed E-state index contributed by atoms with van der Waals surface area (Å²) in [7, 11) is 0.899. The van der Waals surface area contributed by atoms with E-state index < -0.39 is 6.10 Å². The molecule has 3 heteroatoms. The fraction of sp³-hybridized carbons (Fsp3) is 0.833. The van der Waals surface area contributed by atoms with Crippen LogP contribution in [0.3, 0.4) is 0 Å². The molecule has 0 amide bonds. The molecule has 0 aromatic carbocycles. The topological polar surface area (TPSA) is 40.5 Å². The minimum absolute atomic E-state index is 0.112. The first-order chi connectivity index (χ1) is 4.22. The first-order valence-electron chi connectivity index (χ1n) is 3.33. The van der Waals surface area contributed by atoms with Crippen LogP contribution in [0.4, 0.5) is 0 Å². The summed E-state index contributed by atoms with van der Waals surface area (Å²) in [6.07, 6.45) is 1.49. The van der Waals surface area contributed by atoms with E-state index in [9.17, 15) is 0 Å². The average Bonchev–Trinajstić information content (AvgIpc) is 1.87. The van der Waals surface area contributed by atoms with Gasteiger partial charge in [-0.15, -0.1) is 0 Å². The van der Waals surface area contributed by atoms with Crippen molar-refractivity contribution in [1.29, 1.82) is 0 Å². The predicted octanol–water partition coefficient (Wildman–Crippen LogP) is -0.963. The molecule has 0 aliphatic heterocycles. The number of rotatable bonds is 4. The number of aliphatic hydroxyl groups excluding tert-OH is 2. The highest BCUT2D eigenvalue weighted by Crippen LogP contribution is 2.08. The third-order valence-electron chi connectivity index (χ3n) is 1.39. The lowest BCUT2D eigenvalue weighted by Gasteiger charge is -2.13. The van der Waals surface area contributed by atoms with Gasteiger partial charge in [0, 0.05) is 10.2 Å². The fourth-order valence-corrected chi connectivity index (χ4v) is 1.40. The molecule has 0 aliphatic rings. The molecular weight excluding hydrogens is 132 g/mol. The minimum Gasteiger partial charge on any atom is -0.394 e. The molecule has 55 valence electrons. The molecule has 0 bridgehead atoms. The highest BCUT2D eigenvalue weighted by Gasteiger charge is 2.11. The summed E-state index contributed by atoms with van der Waals surface area (Å²) >= 11 is 0. The molecule has 0 heterocycles. The van der Waals surface area contributed by atoms with Crippen molar-refractivity contribution in [1.82, 2.24) is 0 Å². The molecule has 0 aromatic heterocycles. The minimum atomic E-state index is -0.545. The molecule has 0 fully saturated rings. The van der Waals surface area contributed by atoms with Crippen LogP contribution in [0, 0.1) is 5.54 Å². The van der Waals surface area contributed by atoms with Gasteiger partial charge in [0.05, 0.1) is 12.7 Å². The summed E-state index contributed by atoms with van der Waals surface area (Å²) < 4.78 is 0. The molecule has 0 rings (SSSR count). The molecule has 2 nitrogen and oxygen atoms in total. The van der Waals surface area contributed by atoms with Crippen molar-refractivity contribution in [3.05, 3.63) is 5.54 Å². The van der Waals surface area contributed by atoms with Crippen molar-refractivity contribution in [3.8, 4) is 0 Å². The van der Waals surface area contributed by atoms with Crippen LogP contribution in [-0.2, 0) is 0 Å². The van der Waals surface area contributed by atoms with E-state index in [1.54, 1.807) is 0 Å². The molecular formula is C6H15O2Si. The summed E-state index contributed by atoms with van der Waals surface area (Å²) in [5.41, 5.74) is 1.11. The van der Waals surface area contributed by atoms with Gasteiger partial charge in [-0.1, -0.05) is 13.3 Å². The van der Waals surface area contributed by atoms with Gasteiger partial charge < -0.3 is 10.2 Å². The van der Waals surface area contributed by atoms with E-state index in [0.717, 1.165) is 28.6 Å². The molecule has 0 saturated carbocycles. The maximum Gasteiger partial charge on any atom is 0.0797 e. The molecule has 0 aliphatic carbocycles. The largest absolute Gasteiger partial charge is 0.394 e. The summed E-state index contributed by atoms with van der Waals surface area (Å²) in [5.74, 6) is 0. The zero-order valence-corrected chi connectivity index (χ0v) is 8.09. The Bertz CT molecular complexity index is 68.1. The lowest BCUT2D eigenvalue weighted by atomic mass is 10.1. The maximum absolute atomic E-state index is 9.01. The van der Waals surface area contributed by atoms with E-state index in [-0.39, 0.29) is 6.61 Å². The maximum atomic E-state index is 9.01. The Morgan fingerprint density at radius 3 is 2.56 bits per heavy atom. The second kappa shape index (κ2) is 4.96. The van der Waals surface area contributed by atoms with Crippen LogP contribution in [0.15, 0.2) is 0 Å². The van der Waals surface area contributed by atoms with Gasteiger partial charge in [0.2, 0.25) is 0 Å². The van der Waals surface area contributed by atoms with E-state index in [4.69, 9.17) is 10.2 Å². The molecule has 9 heavy (non-hydrogen) atoms. The first-order valence-corrected chi connectivity index (χ1v) is 4.33. The van der Waals surface area contributed by atoms with Gasteiger partial charge in [0.1, 0.15) is 0 Å². The first kappa shape index (κ1) is 9.14. The van der Waals surface area contributed by atoms with Gasteiger partial charge in [-0.3, -0.25) is 0 Å². The molecule has 0 spiro atoms. The van der Waals surface area contributed by atoms with Gasteiger partial charge in [-0.05, 0) is 12.0 Å². The zero-order chi connectivity index (χ0) is 7.28. The molecule has 0 saturated heterocycles. The monoisotopic (exact) mass is 147 g/mol. The smallest absolute Gasteiger partial charge is 0.0797 e. The Morgan fingerprint density at radius 1 is 1.67 bits per heavy atom. The van der Waals surface area contributed by atoms with Crippen LogP contribution in [-0.4, -0.2) is 33.2 Å².